The molecule has 1 aromatic carbocycles. The van der Waals surface area contributed by atoms with Gasteiger partial charge >= 0.3 is 5.97 Å². The summed E-state index contributed by atoms with van der Waals surface area (Å²) in [6, 6.07) is 5.57. The second-order valence-electron chi connectivity index (χ2n) is 8.46. The maximum Gasteiger partial charge on any atom is 0.308 e. The van der Waals surface area contributed by atoms with Crippen LogP contribution in [0.2, 0.25) is 5.02 Å². The van der Waals surface area contributed by atoms with Gasteiger partial charge in [-0.05, 0) is 38.1 Å². The summed E-state index contributed by atoms with van der Waals surface area (Å²) in [6.07, 6.45) is 4.46. The molecule has 1 aromatic heterocycles. The minimum Gasteiger partial charge on any atom is -0.498 e. The van der Waals surface area contributed by atoms with Crippen LogP contribution in [0, 0.1) is 5.92 Å². The summed E-state index contributed by atoms with van der Waals surface area (Å²) >= 11 is 6.48. The zero-order valence-corrected chi connectivity index (χ0v) is 21.2. The number of carbonyl (C=O) groups is 1. The van der Waals surface area contributed by atoms with Crippen molar-refractivity contribution in [1.29, 1.82) is 0 Å². The van der Waals surface area contributed by atoms with Gasteiger partial charge < -0.3 is 23.7 Å². The molecule has 4 rings (SSSR count). The van der Waals surface area contributed by atoms with Crippen LogP contribution < -0.4 is 0 Å². The molecule has 0 N–H and O–H groups in total. The molecule has 2 unspecified atom stereocenters. The van der Waals surface area contributed by atoms with E-state index in [1.165, 1.54) is 0 Å². The molecule has 0 saturated carbocycles. The lowest BCUT2D eigenvalue weighted by molar-refractivity contribution is -0.152. The number of allylic oxidation sites excluding steroid dienone is 2. The Morgan fingerprint density at radius 2 is 2.06 bits per heavy atom. The molecule has 2 aliphatic rings. The summed E-state index contributed by atoms with van der Waals surface area (Å²) in [7, 11) is 4.84. The maximum absolute atomic E-state index is 12.6. The van der Waals surface area contributed by atoms with Crippen LogP contribution >= 0.6 is 11.6 Å². The quantitative estimate of drug-likeness (QED) is 0.493. The molecule has 0 spiro atoms. The van der Waals surface area contributed by atoms with Crippen molar-refractivity contribution in [3.63, 3.8) is 0 Å². The van der Waals surface area contributed by atoms with Crippen molar-refractivity contribution in [1.82, 2.24) is 14.8 Å². The first-order valence-electron chi connectivity index (χ1n) is 11.4. The fraction of sp³-hybridized carbons (Fsp3) is 0.480. The number of methoxy groups -OCH3 is 3. The Kier molecular flexibility index (Phi) is 7.61. The maximum atomic E-state index is 12.6. The molecule has 4 atom stereocenters. The summed E-state index contributed by atoms with van der Waals surface area (Å²) in [5.74, 6) is 1.00. The number of hydrogen-bond acceptors (Lipinski definition) is 8. The minimum absolute atomic E-state index is 0.0374. The zero-order valence-electron chi connectivity index (χ0n) is 20.5. The third-order valence-electron chi connectivity index (χ3n) is 6.48. The highest BCUT2D eigenvalue weighted by Gasteiger charge is 2.48. The van der Waals surface area contributed by atoms with Gasteiger partial charge in [0.15, 0.2) is 11.6 Å². The number of nitrogens with zero attached hydrogens (tertiary/aromatic N) is 3. The normalized spacial score (nSPS) is 25.3. The van der Waals surface area contributed by atoms with Gasteiger partial charge in [0.1, 0.15) is 24.1 Å². The van der Waals surface area contributed by atoms with Crippen molar-refractivity contribution >= 4 is 17.6 Å². The van der Waals surface area contributed by atoms with E-state index >= 15 is 0 Å². The first-order chi connectivity index (χ1) is 16.9. The SMILES string of the molecule is CCOC(=O)C[C@H]1O[C@H](C2C=CC=C(OC)C2(C)OC)c2cc(Cl)ccc2-n2c(COC)nnc21. The fourth-order valence-electron chi connectivity index (χ4n) is 4.75. The average Bonchev–Trinajstić information content (AvgIpc) is 3.20. The van der Waals surface area contributed by atoms with Crippen LogP contribution in [0.15, 0.2) is 42.2 Å². The van der Waals surface area contributed by atoms with Crippen LogP contribution in [-0.2, 0) is 35.1 Å². The molecule has 10 heteroatoms. The summed E-state index contributed by atoms with van der Waals surface area (Å²) in [5, 5.41) is 9.26. The predicted octanol–water partition coefficient (Wildman–Crippen LogP) is 4.25. The third kappa shape index (κ3) is 4.61. The van der Waals surface area contributed by atoms with Gasteiger partial charge in [-0.25, -0.2) is 0 Å². The molecule has 0 radical (unpaired) electrons. The van der Waals surface area contributed by atoms with Crippen molar-refractivity contribution in [2.45, 2.75) is 44.7 Å². The van der Waals surface area contributed by atoms with Crippen molar-refractivity contribution in [3.05, 3.63) is 64.4 Å². The number of esters is 1. The highest BCUT2D eigenvalue weighted by Crippen LogP contribution is 2.49. The van der Waals surface area contributed by atoms with Gasteiger partial charge in [-0.1, -0.05) is 23.8 Å². The van der Waals surface area contributed by atoms with Gasteiger partial charge in [-0.2, -0.15) is 0 Å². The van der Waals surface area contributed by atoms with Crippen LogP contribution in [0.4, 0.5) is 0 Å². The Morgan fingerprint density at radius 3 is 2.74 bits per heavy atom. The molecule has 0 saturated heterocycles. The Hall–Kier alpha value is -2.72. The first kappa shape index (κ1) is 25.4. The number of ether oxygens (including phenoxy) is 5. The molecule has 9 nitrogen and oxygen atoms in total. The molecule has 1 aliphatic heterocycles. The third-order valence-corrected chi connectivity index (χ3v) is 6.72. The Bertz CT molecular complexity index is 1150. The zero-order chi connectivity index (χ0) is 25.2. The Balaban J connectivity index is 1.91. The molecular formula is C25H30ClN3O6. The Labute approximate surface area is 209 Å². The Morgan fingerprint density at radius 1 is 1.26 bits per heavy atom. The van der Waals surface area contributed by atoms with E-state index in [1.54, 1.807) is 34.3 Å². The number of halogens is 1. The van der Waals surface area contributed by atoms with E-state index in [1.807, 2.05) is 41.9 Å². The lowest BCUT2D eigenvalue weighted by atomic mass is 9.77. The topological polar surface area (TPSA) is 93.9 Å². The standard InChI is InChI=1S/C25H30ClN3O6/c1-6-34-22(30)13-19-24-28-27-21(14-31-3)29(24)18-11-10-15(26)12-16(18)23(35-19)17-8-7-9-20(32-4)25(17,2)33-5/h7-12,17,19,23H,6,13-14H2,1-5H3/t17?,19-,23+,25?/m1/s1. The van der Waals surface area contributed by atoms with Gasteiger partial charge in [-0.3, -0.25) is 9.36 Å². The van der Waals surface area contributed by atoms with E-state index in [2.05, 4.69) is 10.2 Å². The van der Waals surface area contributed by atoms with Crippen molar-refractivity contribution in [3.8, 4) is 5.69 Å². The fourth-order valence-corrected chi connectivity index (χ4v) is 4.93. The summed E-state index contributed by atoms with van der Waals surface area (Å²) in [5.41, 5.74) is 0.748. The number of carbonyl (C=O) groups excluding carboxylic acids is 1. The first-order valence-corrected chi connectivity index (χ1v) is 11.8. The van der Waals surface area contributed by atoms with E-state index in [0.29, 0.717) is 22.4 Å². The molecule has 0 amide bonds. The van der Waals surface area contributed by atoms with Crippen LogP contribution in [0.3, 0.4) is 0 Å². The van der Waals surface area contributed by atoms with Crippen molar-refractivity contribution < 1.29 is 28.5 Å². The van der Waals surface area contributed by atoms with E-state index in [4.69, 9.17) is 35.3 Å². The van der Waals surface area contributed by atoms with Crippen LogP contribution in [0.1, 0.15) is 49.7 Å². The lowest BCUT2D eigenvalue weighted by Gasteiger charge is -2.42. The molecular weight excluding hydrogens is 474 g/mol. The second kappa shape index (κ2) is 10.5. The van der Waals surface area contributed by atoms with Gasteiger partial charge in [-0.15, -0.1) is 10.2 Å². The number of aromatic nitrogens is 3. The molecule has 0 bridgehead atoms. The lowest BCUT2D eigenvalue weighted by Crippen LogP contribution is -2.44. The number of fused-ring (bicyclic) bond motifs is 3. The van der Waals surface area contributed by atoms with E-state index in [-0.39, 0.29) is 25.6 Å². The van der Waals surface area contributed by atoms with Gasteiger partial charge in [0.2, 0.25) is 0 Å². The van der Waals surface area contributed by atoms with Crippen molar-refractivity contribution in [2.24, 2.45) is 5.92 Å². The second-order valence-corrected chi connectivity index (χ2v) is 8.89. The highest BCUT2D eigenvalue weighted by atomic mass is 35.5. The highest BCUT2D eigenvalue weighted by molar-refractivity contribution is 6.30. The van der Waals surface area contributed by atoms with Crippen LogP contribution in [0.5, 0.6) is 0 Å². The molecule has 35 heavy (non-hydrogen) atoms. The van der Waals surface area contributed by atoms with Crippen LogP contribution in [-0.4, -0.2) is 54.3 Å². The molecule has 0 fully saturated rings. The predicted molar refractivity (Wildman–Crippen MR) is 128 cm³/mol. The van der Waals surface area contributed by atoms with Crippen molar-refractivity contribution in [2.75, 3.05) is 27.9 Å². The number of rotatable bonds is 8. The van der Waals surface area contributed by atoms with Gasteiger partial charge in [0, 0.05) is 30.7 Å². The van der Waals surface area contributed by atoms with Gasteiger partial charge in [0.25, 0.3) is 0 Å². The number of hydrogen-bond donors (Lipinski definition) is 0. The van der Waals surface area contributed by atoms with Gasteiger partial charge in [0.05, 0.1) is 31.9 Å². The monoisotopic (exact) mass is 503 g/mol. The largest absolute Gasteiger partial charge is 0.498 e. The van der Waals surface area contributed by atoms with E-state index < -0.39 is 23.8 Å². The smallest absolute Gasteiger partial charge is 0.308 e. The molecule has 188 valence electrons. The molecule has 1 aliphatic carbocycles. The summed E-state index contributed by atoms with van der Waals surface area (Å²) in [4.78, 5) is 12.6. The molecule has 2 heterocycles. The summed E-state index contributed by atoms with van der Waals surface area (Å²) < 4.78 is 30.9. The van der Waals surface area contributed by atoms with E-state index in [0.717, 1.165) is 11.3 Å². The number of benzene rings is 1. The molecule has 2 aromatic rings. The van der Waals surface area contributed by atoms with Crippen LogP contribution in [0.25, 0.3) is 5.69 Å². The average molecular weight is 504 g/mol. The summed E-state index contributed by atoms with van der Waals surface area (Å²) in [6.45, 7) is 4.20. The minimum atomic E-state index is -0.845. The van der Waals surface area contributed by atoms with E-state index in [9.17, 15) is 4.79 Å².